The van der Waals surface area contributed by atoms with Crippen LogP contribution in [0.1, 0.15) is 0 Å². The molecular weight excluding hydrogens is 587 g/mol. The third-order valence-corrected chi connectivity index (χ3v) is 9.41. The van der Waals surface area contributed by atoms with E-state index in [4.69, 9.17) is 14.4 Å². The fraction of sp³-hybridized carbons (Fsp3) is 0. The van der Waals surface area contributed by atoms with Crippen LogP contribution in [0.4, 0.5) is 0 Å². The Kier molecular flexibility index (Phi) is 5.84. The zero-order valence-electron chi connectivity index (χ0n) is 25.8. The lowest BCUT2D eigenvalue weighted by molar-refractivity contribution is 0.669. The Morgan fingerprint density at radius 2 is 0.958 bits per heavy atom. The van der Waals surface area contributed by atoms with Crippen LogP contribution < -0.4 is 0 Å². The summed E-state index contributed by atoms with van der Waals surface area (Å²) in [5, 5.41) is 6.85. The van der Waals surface area contributed by atoms with Gasteiger partial charge in [0, 0.05) is 43.9 Å². The van der Waals surface area contributed by atoms with Crippen molar-refractivity contribution in [2.24, 2.45) is 0 Å². The van der Waals surface area contributed by atoms with E-state index in [1.54, 1.807) is 0 Å². The summed E-state index contributed by atoms with van der Waals surface area (Å²) in [5.41, 5.74) is 9.92. The molecule has 0 radical (unpaired) electrons. The summed E-state index contributed by atoms with van der Waals surface area (Å²) in [6.45, 7) is 0. The van der Waals surface area contributed by atoms with E-state index < -0.39 is 0 Å². The van der Waals surface area contributed by atoms with Gasteiger partial charge < -0.3 is 8.98 Å². The van der Waals surface area contributed by atoms with Gasteiger partial charge >= 0.3 is 0 Å². The zero-order valence-corrected chi connectivity index (χ0v) is 25.8. The SMILES string of the molecule is c1ccc(-c2cc(-c3ccccc3)nc(-c3cc4oc5ccc(-n6c7ccccc7c7ccccc76)cc5c4c4ccccc34)n2)cc1. The smallest absolute Gasteiger partial charge is 0.161 e. The standard InChI is InChI=1S/C44H27N3O/c1-3-13-28(14-4-1)37-27-38(29-15-5-2-6-16-29)46-44(45-37)35-26-42-43(34-20-8-7-17-31(34)35)36-25-30(23-24-41(36)48-42)47-39-21-11-9-18-32(39)33-19-10-12-22-40(33)47/h1-27H. The van der Waals surface area contributed by atoms with Crippen molar-refractivity contribution in [1.82, 2.24) is 14.5 Å². The molecule has 48 heavy (non-hydrogen) atoms. The molecule has 0 aliphatic carbocycles. The Balaban J connectivity index is 1.23. The summed E-state index contributed by atoms with van der Waals surface area (Å²) in [5.74, 6) is 0.666. The third kappa shape index (κ3) is 4.10. The van der Waals surface area contributed by atoms with E-state index in [-0.39, 0.29) is 0 Å². The predicted molar refractivity (Wildman–Crippen MR) is 197 cm³/mol. The maximum Gasteiger partial charge on any atom is 0.161 e. The number of benzene rings is 7. The van der Waals surface area contributed by atoms with Crippen molar-refractivity contribution < 1.29 is 4.42 Å². The van der Waals surface area contributed by atoms with Crippen LogP contribution in [0, 0.1) is 0 Å². The van der Waals surface area contributed by atoms with Crippen LogP contribution in [-0.2, 0) is 0 Å². The fourth-order valence-corrected chi connectivity index (χ4v) is 7.23. The topological polar surface area (TPSA) is 43.9 Å². The number of furan rings is 1. The quantitative estimate of drug-likeness (QED) is 0.198. The summed E-state index contributed by atoms with van der Waals surface area (Å²) < 4.78 is 8.99. The molecule has 0 N–H and O–H groups in total. The van der Waals surface area contributed by atoms with Crippen LogP contribution in [0.25, 0.3) is 94.1 Å². The maximum absolute atomic E-state index is 6.63. The number of para-hydroxylation sites is 2. The van der Waals surface area contributed by atoms with Gasteiger partial charge in [-0.1, -0.05) is 121 Å². The average molecular weight is 614 g/mol. The molecule has 3 aromatic heterocycles. The van der Waals surface area contributed by atoms with Crippen LogP contribution in [0.5, 0.6) is 0 Å². The van der Waals surface area contributed by atoms with Gasteiger partial charge in [0.15, 0.2) is 5.82 Å². The molecule has 0 amide bonds. The van der Waals surface area contributed by atoms with Crippen molar-refractivity contribution in [2.75, 3.05) is 0 Å². The van der Waals surface area contributed by atoms with Gasteiger partial charge in [-0.05, 0) is 53.2 Å². The molecule has 4 heteroatoms. The van der Waals surface area contributed by atoms with Crippen LogP contribution in [0.15, 0.2) is 168 Å². The van der Waals surface area contributed by atoms with Crippen molar-refractivity contribution in [3.63, 3.8) is 0 Å². The normalized spacial score (nSPS) is 11.8. The van der Waals surface area contributed by atoms with E-state index in [1.165, 1.54) is 21.8 Å². The van der Waals surface area contributed by atoms with E-state index >= 15 is 0 Å². The highest BCUT2D eigenvalue weighted by atomic mass is 16.3. The van der Waals surface area contributed by atoms with E-state index in [1.807, 2.05) is 36.4 Å². The molecule has 224 valence electrons. The molecule has 10 aromatic rings. The molecule has 3 heterocycles. The van der Waals surface area contributed by atoms with Gasteiger partial charge in [0.05, 0.1) is 22.4 Å². The Morgan fingerprint density at radius 1 is 0.417 bits per heavy atom. The second-order valence-corrected chi connectivity index (χ2v) is 12.2. The third-order valence-electron chi connectivity index (χ3n) is 9.41. The molecule has 0 atom stereocenters. The molecule has 7 aromatic carbocycles. The number of aromatic nitrogens is 3. The second-order valence-electron chi connectivity index (χ2n) is 12.2. The Labute approximate surface area is 276 Å². The highest BCUT2D eigenvalue weighted by molar-refractivity contribution is 6.22. The van der Waals surface area contributed by atoms with Crippen LogP contribution in [0.3, 0.4) is 0 Å². The Morgan fingerprint density at radius 3 is 1.58 bits per heavy atom. The summed E-state index contributed by atoms with van der Waals surface area (Å²) in [7, 11) is 0. The van der Waals surface area contributed by atoms with Crippen molar-refractivity contribution in [3.05, 3.63) is 164 Å². The molecular formula is C44H27N3O. The molecule has 0 spiro atoms. The van der Waals surface area contributed by atoms with Crippen LogP contribution in [-0.4, -0.2) is 14.5 Å². The van der Waals surface area contributed by atoms with E-state index in [0.29, 0.717) is 5.82 Å². The summed E-state index contributed by atoms with van der Waals surface area (Å²) in [6.07, 6.45) is 0. The Hall–Kier alpha value is -6.52. The van der Waals surface area contributed by atoms with Crippen molar-refractivity contribution >= 4 is 54.5 Å². The first-order valence-electron chi connectivity index (χ1n) is 16.2. The molecule has 0 saturated heterocycles. The average Bonchev–Trinajstić information content (AvgIpc) is 3.70. The molecule has 0 fully saturated rings. The number of nitrogens with zero attached hydrogens (tertiary/aromatic N) is 3. The van der Waals surface area contributed by atoms with Crippen molar-refractivity contribution in [2.45, 2.75) is 0 Å². The summed E-state index contributed by atoms with van der Waals surface area (Å²) in [6, 6.07) is 57.1. The van der Waals surface area contributed by atoms with Crippen LogP contribution in [0.2, 0.25) is 0 Å². The van der Waals surface area contributed by atoms with Gasteiger partial charge in [0.1, 0.15) is 11.2 Å². The zero-order chi connectivity index (χ0) is 31.6. The molecule has 0 aliphatic heterocycles. The highest BCUT2D eigenvalue weighted by Crippen LogP contribution is 2.41. The van der Waals surface area contributed by atoms with Crippen molar-refractivity contribution in [3.8, 4) is 39.6 Å². The first-order chi connectivity index (χ1) is 23.8. The minimum absolute atomic E-state index is 0.666. The van der Waals surface area contributed by atoms with Crippen LogP contribution >= 0.6 is 0 Å². The first kappa shape index (κ1) is 26.7. The summed E-state index contributed by atoms with van der Waals surface area (Å²) >= 11 is 0. The molecule has 4 nitrogen and oxygen atoms in total. The minimum Gasteiger partial charge on any atom is -0.456 e. The van der Waals surface area contributed by atoms with Gasteiger partial charge in [0.25, 0.3) is 0 Å². The number of hydrogen-bond donors (Lipinski definition) is 0. The van der Waals surface area contributed by atoms with E-state index in [0.717, 1.165) is 66.5 Å². The molecule has 0 unspecified atom stereocenters. The lowest BCUT2D eigenvalue weighted by Crippen LogP contribution is -1.96. The van der Waals surface area contributed by atoms with E-state index in [9.17, 15) is 0 Å². The molecule has 0 saturated carbocycles. The molecule has 10 rings (SSSR count). The first-order valence-corrected chi connectivity index (χ1v) is 16.2. The minimum atomic E-state index is 0.666. The number of fused-ring (bicyclic) bond motifs is 8. The molecule has 0 aliphatic rings. The molecule has 0 bridgehead atoms. The van der Waals surface area contributed by atoms with E-state index in [2.05, 4.69) is 132 Å². The maximum atomic E-state index is 6.63. The number of rotatable bonds is 4. The summed E-state index contributed by atoms with van der Waals surface area (Å²) in [4.78, 5) is 10.3. The van der Waals surface area contributed by atoms with Gasteiger partial charge in [-0.3, -0.25) is 0 Å². The lowest BCUT2D eigenvalue weighted by atomic mass is 9.98. The van der Waals surface area contributed by atoms with Gasteiger partial charge in [-0.25, -0.2) is 9.97 Å². The lowest BCUT2D eigenvalue weighted by Gasteiger charge is -2.12. The highest BCUT2D eigenvalue weighted by Gasteiger charge is 2.19. The van der Waals surface area contributed by atoms with Gasteiger partial charge in [-0.2, -0.15) is 0 Å². The fourth-order valence-electron chi connectivity index (χ4n) is 7.23. The van der Waals surface area contributed by atoms with Crippen molar-refractivity contribution in [1.29, 1.82) is 0 Å². The second kappa shape index (κ2) is 10.5. The van der Waals surface area contributed by atoms with Gasteiger partial charge in [0.2, 0.25) is 0 Å². The largest absolute Gasteiger partial charge is 0.456 e. The predicted octanol–water partition coefficient (Wildman–Crippen LogP) is 11.6. The monoisotopic (exact) mass is 613 g/mol. The van der Waals surface area contributed by atoms with Gasteiger partial charge in [-0.15, -0.1) is 0 Å². The number of hydrogen-bond acceptors (Lipinski definition) is 3. The Bertz CT molecular complexity index is 2720.